The maximum absolute atomic E-state index is 10.0. The predicted molar refractivity (Wildman–Crippen MR) is 55.3 cm³/mol. The van der Waals surface area contributed by atoms with E-state index >= 15 is 0 Å². The van der Waals surface area contributed by atoms with Crippen LogP contribution in [-0.4, -0.2) is 17.0 Å². The summed E-state index contributed by atoms with van der Waals surface area (Å²) < 4.78 is 0. The summed E-state index contributed by atoms with van der Waals surface area (Å²) in [4.78, 5) is 0. The number of hydrogen-bond acceptors (Lipinski definition) is 2. The zero-order valence-electron chi connectivity index (χ0n) is 7.97. The molecule has 1 saturated carbocycles. The standard InChI is InChI=1S/C10H18OS/c1-9(8-12-2)7-10(11)5-3-4-6-10/h8,11H,3-7H2,1-2H3/b9-8-. The van der Waals surface area contributed by atoms with E-state index in [1.165, 1.54) is 18.4 Å². The van der Waals surface area contributed by atoms with E-state index in [4.69, 9.17) is 0 Å². The Labute approximate surface area is 79.2 Å². The van der Waals surface area contributed by atoms with Crippen LogP contribution in [0.15, 0.2) is 11.0 Å². The smallest absolute Gasteiger partial charge is 0.0684 e. The highest BCUT2D eigenvalue weighted by atomic mass is 32.2. The number of hydrogen-bond donors (Lipinski definition) is 1. The molecular weight excluding hydrogens is 168 g/mol. The molecule has 0 atom stereocenters. The molecule has 0 aromatic carbocycles. The fourth-order valence-corrected chi connectivity index (χ4v) is 2.46. The van der Waals surface area contributed by atoms with Gasteiger partial charge in [0.25, 0.3) is 0 Å². The number of thioether (sulfide) groups is 1. The van der Waals surface area contributed by atoms with E-state index in [-0.39, 0.29) is 5.60 Å². The zero-order chi connectivity index (χ0) is 9.03. The van der Waals surface area contributed by atoms with Crippen LogP contribution in [0.1, 0.15) is 39.0 Å². The van der Waals surface area contributed by atoms with Crippen LogP contribution in [0.2, 0.25) is 0 Å². The van der Waals surface area contributed by atoms with E-state index in [1.807, 2.05) is 0 Å². The van der Waals surface area contributed by atoms with Crippen molar-refractivity contribution < 1.29 is 5.11 Å². The van der Waals surface area contributed by atoms with Gasteiger partial charge in [-0.05, 0) is 37.9 Å². The van der Waals surface area contributed by atoms with Crippen molar-refractivity contribution in [2.75, 3.05) is 6.26 Å². The Morgan fingerprint density at radius 2 is 2.08 bits per heavy atom. The molecule has 1 rings (SSSR count). The summed E-state index contributed by atoms with van der Waals surface area (Å²) in [6, 6.07) is 0. The van der Waals surface area contributed by atoms with Crippen LogP contribution in [0.3, 0.4) is 0 Å². The Kier molecular flexibility index (Phi) is 3.66. The van der Waals surface area contributed by atoms with Crippen molar-refractivity contribution in [3.63, 3.8) is 0 Å². The normalized spacial score (nSPS) is 23.1. The average Bonchev–Trinajstić information content (AvgIpc) is 2.36. The topological polar surface area (TPSA) is 20.2 Å². The molecule has 0 heterocycles. The van der Waals surface area contributed by atoms with Gasteiger partial charge in [0.1, 0.15) is 0 Å². The molecular formula is C10H18OS. The molecule has 70 valence electrons. The minimum atomic E-state index is -0.365. The Morgan fingerprint density at radius 3 is 2.58 bits per heavy atom. The maximum atomic E-state index is 10.0. The minimum Gasteiger partial charge on any atom is -0.390 e. The molecule has 0 saturated heterocycles. The molecule has 0 bridgehead atoms. The van der Waals surface area contributed by atoms with Gasteiger partial charge < -0.3 is 5.11 Å². The van der Waals surface area contributed by atoms with Gasteiger partial charge in [-0.25, -0.2) is 0 Å². The lowest BCUT2D eigenvalue weighted by molar-refractivity contribution is 0.0483. The van der Waals surface area contributed by atoms with Crippen molar-refractivity contribution in [3.8, 4) is 0 Å². The summed E-state index contributed by atoms with van der Waals surface area (Å²) in [6.07, 6.45) is 7.31. The fourth-order valence-electron chi connectivity index (χ4n) is 1.97. The largest absolute Gasteiger partial charge is 0.390 e. The third-order valence-corrected chi connectivity index (χ3v) is 3.10. The van der Waals surface area contributed by atoms with E-state index < -0.39 is 0 Å². The van der Waals surface area contributed by atoms with Crippen LogP contribution in [-0.2, 0) is 0 Å². The molecule has 1 aliphatic rings. The first-order chi connectivity index (χ1) is 5.66. The second-order valence-electron chi connectivity index (χ2n) is 3.81. The van der Waals surface area contributed by atoms with Gasteiger partial charge >= 0.3 is 0 Å². The first-order valence-corrected chi connectivity index (χ1v) is 5.86. The highest BCUT2D eigenvalue weighted by molar-refractivity contribution is 8.01. The summed E-state index contributed by atoms with van der Waals surface area (Å²) in [7, 11) is 0. The molecule has 2 heteroatoms. The zero-order valence-corrected chi connectivity index (χ0v) is 8.78. The van der Waals surface area contributed by atoms with Crippen LogP contribution in [0.5, 0.6) is 0 Å². The Balaban J connectivity index is 2.43. The first kappa shape index (κ1) is 10.1. The van der Waals surface area contributed by atoms with Gasteiger partial charge in [0.2, 0.25) is 0 Å². The maximum Gasteiger partial charge on any atom is 0.0684 e. The van der Waals surface area contributed by atoms with Crippen molar-refractivity contribution in [1.29, 1.82) is 0 Å². The molecule has 1 fully saturated rings. The van der Waals surface area contributed by atoms with E-state index in [9.17, 15) is 5.11 Å². The molecule has 0 aromatic heterocycles. The van der Waals surface area contributed by atoms with Crippen LogP contribution < -0.4 is 0 Å². The molecule has 12 heavy (non-hydrogen) atoms. The van der Waals surface area contributed by atoms with E-state index in [1.54, 1.807) is 11.8 Å². The molecule has 0 spiro atoms. The van der Waals surface area contributed by atoms with Crippen molar-refractivity contribution in [1.82, 2.24) is 0 Å². The molecule has 1 N–H and O–H groups in total. The van der Waals surface area contributed by atoms with Gasteiger partial charge in [0.05, 0.1) is 5.60 Å². The second kappa shape index (κ2) is 4.33. The van der Waals surface area contributed by atoms with Gasteiger partial charge in [-0.1, -0.05) is 18.4 Å². The first-order valence-electron chi connectivity index (χ1n) is 4.57. The molecule has 1 nitrogen and oxygen atoms in total. The third-order valence-electron chi connectivity index (χ3n) is 2.46. The van der Waals surface area contributed by atoms with Crippen LogP contribution in [0.4, 0.5) is 0 Å². The molecule has 0 amide bonds. The Morgan fingerprint density at radius 1 is 1.50 bits per heavy atom. The predicted octanol–water partition coefficient (Wildman–Crippen LogP) is 2.95. The lowest BCUT2D eigenvalue weighted by atomic mass is 9.94. The molecule has 0 aliphatic heterocycles. The SMILES string of the molecule is CS/C=C(/C)CC1(O)CCCC1. The summed E-state index contributed by atoms with van der Waals surface area (Å²) in [5, 5.41) is 12.2. The molecule has 0 unspecified atom stereocenters. The summed E-state index contributed by atoms with van der Waals surface area (Å²) in [5.74, 6) is 0. The van der Waals surface area contributed by atoms with Crippen molar-refractivity contribution in [2.45, 2.75) is 44.6 Å². The molecule has 0 aromatic rings. The second-order valence-corrected chi connectivity index (χ2v) is 4.52. The van der Waals surface area contributed by atoms with Gasteiger partial charge in [-0.3, -0.25) is 0 Å². The third kappa shape index (κ3) is 2.83. The average molecular weight is 186 g/mol. The van der Waals surface area contributed by atoms with Gasteiger partial charge in [-0.2, -0.15) is 0 Å². The van der Waals surface area contributed by atoms with Gasteiger partial charge in [0, 0.05) is 0 Å². The fraction of sp³-hybridized carbons (Fsp3) is 0.800. The molecule has 0 radical (unpaired) electrons. The summed E-state index contributed by atoms with van der Waals surface area (Å²) in [6.45, 7) is 2.10. The van der Waals surface area contributed by atoms with Crippen LogP contribution in [0.25, 0.3) is 0 Å². The lowest BCUT2D eigenvalue weighted by Crippen LogP contribution is -2.23. The lowest BCUT2D eigenvalue weighted by Gasteiger charge is -2.22. The van der Waals surface area contributed by atoms with Crippen molar-refractivity contribution in [3.05, 3.63) is 11.0 Å². The summed E-state index contributed by atoms with van der Waals surface area (Å²) >= 11 is 1.72. The van der Waals surface area contributed by atoms with Crippen molar-refractivity contribution >= 4 is 11.8 Å². The van der Waals surface area contributed by atoms with Gasteiger partial charge in [0.15, 0.2) is 0 Å². The van der Waals surface area contributed by atoms with Crippen LogP contribution >= 0.6 is 11.8 Å². The highest BCUT2D eigenvalue weighted by Crippen LogP contribution is 2.34. The highest BCUT2D eigenvalue weighted by Gasteiger charge is 2.30. The van der Waals surface area contributed by atoms with E-state index in [0.29, 0.717) is 0 Å². The minimum absolute atomic E-state index is 0.365. The van der Waals surface area contributed by atoms with Crippen LogP contribution in [0, 0.1) is 0 Å². The van der Waals surface area contributed by atoms with E-state index in [0.717, 1.165) is 19.3 Å². The van der Waals surface area contributed by atoms with Crippen molar-refractivity contribution in [2.24, 2.45) is 0 Å². The number of rotatable bonds is 3. The quantitative estimate of drug-likeness (QED) is 0.731. The monoisotopic (exact) mass is 186 g/mol. The Hall–Kier alpha value is 0.0500. The number of aliphatic hydroxyl groups is 1. The van der Waals surface area contributed by atoms with Gasteiger partial charge in [-0.15, -0.1) is 11.8 Å². The molecule has 1 aliphatic carbocycles. The Bertz CT molecular complexity index is 169. The summed E-state index contributed by atoms with van der Waals surface area (Å²) in [5.41, 5.74) is 0.947. The van der Waals surface area contributed by atoms with E-state index in [2.05, 4.69) is 18.6 Å².